The number of hydrazine groups is 1. The minimum absolute atomic E-state index is 0.0295. The Kier molecular flexibility index (Phi) is 6.43. The van der Waals surface area contributed by atoms with Crippen molar-refractivity contribution in [1.82, 2.24) is 30.5 Å². The molecule has 34 heavy (non-hydrogen) atoms. The molecule has 7 unspecified atom stereocenters. The van der Waals surface area contributed by atoms with E-state index in [2.05, 4.69) is 30.5 Å². The van der Waals surface area contributed by atoms with Crippen LogP contribution >= 0.6 is 0 Å². The maximum atomic E-state index is 6.68. The lowest BCUT2D eigenvalue weighted by Gasteiger charge is -2.63. The van der Waals surface area contributed by atoms with Gasteiger partial charge in [0.05, 0.1) is 18.3 Å². The normalized spacial score (nSPS) is 47.3. The zero-order valence-electron chi connectivity index (χ0n) is 21.3. The maximum Gasteiger partial charge on any atom is 0.149 e. The molecule has 0 aromatic heterocycles. The van der Waals surface area contributed by atoms with Crippen molar-refractivity contribution < 1.29 is 4.74 Å². The van der Waals surface area contributed by atoms with Gasteiger partial charge in [0.1, 0.15) is 5.79 Å². The average Bonchev–Trinajstić information content (AvgIpc) is 3.52. The molecule has 1 aliphatic carbocycles. The van der Waals surface area contributed by atoms with E-state index < -0.39 is 0 Å². The molecule has 6 saturated heterocycles. The first kappa shape index (κ1) is 22.9. The van der Waals surface area contributed by atoms with Crippen LogP contribution in [-0.2, 0) is 4.74 Å². The second-order valence-corrected chi connectivity index (χ2v) is 12.3. The number of piperazine rings is 1. The minimum atomic E-state index is 0.0295. The van der Waals surface area contributed by atoms with Gasteiger partial charge in [-0.15, -0.1) is 0 Å². The second kappa shape index (κ2) is 9.55. The first-order chi connectivity index (χ1) is 16.9. The highest BCUT2D eigenvalue weighted by Gasteiger charge is 2.69. The molecule has 0 aromatic rings. The monoisotopic (exact) mass is 472 g/mol. The summed E-state index contributed by atoms with van der Waals surface area (Å²) >= 11 is 0. The lowest BCUT2D eigenvalue weighted by molar-refractivity contribution is -0.290. The molecule has 7 heteroatoms. The van der Waals surface area contributed by atoms with E-state index in [0.29, 0.717) is 30.3 Å². The Balaban J connectivity index is 1.38. The van der Waals surface area contributed by atoms with Crippen molar-refractivity contribution in [1.29, 1.82) is 0 Å². The van der Waals surface area contributed by atoms with Crippen LogP contribution in [-0.4, -0.2) is 102 Å². The lowest BCUT2D eigenvalue weighted by Crippen LogP contribution is -2.79. The van der Waals surface area contributed by atoms with Gasteiger partial charge >= 0.3 is 0 Å². The Labute approximate surface area is 206 Å². The third-order valence-corrected chi connectivity index (χ3v) is 10.7. The van der Waals surface area contributed by atoms with E-state index in [1.807, 2.05) is 0 Å². The zero-order chi connectivity index (χ0) is 22.5. The van der Waals surface area contributed by atoms with Crippen LogP contribution < -0.4 is 10.6 Å². The topological polar surface area (TPSA) is 46.3 Å². The fraction of sp³-hybridized carbons (Fsp3) is 1.00. The van der Waals surface area contributed by atoms with Crippen molar-refractivity contribution in [2.24, 2.45) is 11.8 Å². The number of ether oxygens (including phenoxy) is 1. The minimum Gasteiger partial charge on any atom is -0.378 e. The van der Waals surface area contributed by atoms with E-state index in [-0.39, 0.29) is 5.79 Å². The van der Waals surface area contributed by atoms with Gasteiger partial charge in [-0.2, -0.15) is 0 Å². The second-order valence-electron chi connectivity index (χ2n) is 12.3. The van der Waals surface area contributed by atoms with Gasteiger partial charge in [-0.3, -0.25) is 15.1 Å². The summed E-state index contributed by atoms with van der Waals surface area (Å²) in [6.07, 6.45) is 17.2. The number of hydrogen-bond acceptors (Lipinski definition) is 7. The molecule has 7 nitrogen and oxygen atoms in total. The number of likely N-dealkylation sites (tertiary alicyclic amines) is 2. The average molecular weight is 473 g/mol. The molecule has 6 aliphatic heterocycles. The van der Waals surface area contributed by atoms with Gasteiger partial charge in [0.15, 0.2) is 0 Å². The van der Waals surface area contributed by atoms with Crippen molar-refractivity contribution in [2.45, 2.75) is 107 Å². The molecule has 0 spiro atoms. The zero-order valence-corrected chi connectivity index (χ0v) is 21.3. The van der Waals surface area contributed by atoms with Crippen molar-refractivity contribution in [3.8, 4) is 0 Å². The van der Waals surface area contributed by atoms with E-state index in [4.69, 9.17) is 4.74 Å². The fourth-order valence-corrected chi connectivity index (χ4v) is 9.28. The van der Waals surface area contributed by atoms with Crippen LogP contribution in [0.1, 0.15) is 77.0 Å². The molecule has 0 bridgehead atoms. The largest absolute Gasteiger partial charge is 0.378 e. The summed E-state index contributed by atoms with van der Waals surface area (Å²) in [6, 6.07) is 1.28. The SMILES string of the molecule is C1CCCN(C2(N3CCC3)C(C3CCCO3)C3CCCCC3N2N2CCNC3NCCC32)CC1. The molecule has 0 amide bonds. The highest BCUT2D eigenvalue weighted by atomic mass is 16.5. The van der Waals surface area contributed by atoms with Gasteiger partial charge in [-0.05, 0) is 63.8 Å². The predicted octanol–water partition coefficient (Wildman–Crippen LogP) is 2.40. The van der Waals surface area contributed by atoms with Crippen LogP contribution in [0, 0.1) is 11.8 Å². The van der Waals surface area contributed by atoms with E-state index in [1.54, 1.807) is 0 Å². The maximum absolute atomic E-state index is 6.68. The lowest BCUT2D eigenvalue weighted by atomic mass is 9.74. The molecule has 1 saturated carbocycles. The van der Waals surface area contributed by atoms with Crippen molar-refractivity contribution in [3.05, 3.63) is 0 Å². The summed E-state index contributed by atoms with van der Waals surface area (Å²) in [5, 5.41) is 13.6. The predicted molar refractivity (Wildman–Crippen MR) is 134 cm³/mol. The standard InChI is InChI=1S/C27H48N6O/c1-2-6-16-30(15-5-1)27(31-17-8-18-31)25(24-11-7-20-34-24)21-9-3-4-10-22(21)33(27)32-19-14-29-26-23(32)12-13-28-26/h21-26,28-29H,1-20H2. The van der Waals surface area contributed by atoms with Gasteiger partial charge in [0.2, 0.25) is 0 Å². The Morgan fingerprint density at radius 1 is 0.647 bits per heavy atom. The van der Waals surface area contributed by atoms with E-state index >= 15 is 0 Å². The summed E-state index contributed by atoms with van der Waals surface area (Å²) in [4.78, 5) is 5.99. The molecule has 7 fully saturated rings. The molecular weight excluding hydrogens is 424 g/mol. The molecule has 7 rings (SSSR count). The van der Waals surface area contributed by atoms with Gasteiger partial charge in [0, 0.05) is 57.8 Å². The van der Waals surface area contributed by atoms with Crippen LogP contribution in [0.5, 0.6) is 0 Å². The van der Waals surface area contributed by atoms with E-state index in [1.165, 1.54) is 103 Å². The molecule has 2 N–H and O–H groups in total. The summed E-state index contributed by atoms with van der Waals surface area (Å²) in [6.45, 7) is 9.48. The van der Waals surface area contributed by atoms with Crippen molar-refractivity contribution >= 4 is 0 Å². The quantitative estimate of drug-likeness (QED) is 0.652. The Hall–Kier alpha value is -0.280. The van der Waals surface area contributed by atoms with E-state index in [9.17, 15) is 0 Å². The first-order valence-electron chi connectivity index (χ1n) is 15.0. The highest BCUT2D eigenvalue weighted by molar-refractivity contribution is 5.14. The van der Waals surface area contributed by atoms with Gasteiger partial charge in [-0.25, -0.2) is 10.0 Å². The smallest absolute Gasteiger partial charge is 0.149 e. The summed E-state index contributed by atoms with van der Waals surface area (Å²) in [5.74, 6) is 1.44. The van der Waals surface area contributed by atoms with Crippen LogP contribution in [0.15, 0.2) is 0 Å². The molecular formula is C27H48N6O. The Morgan fingerprint density at radius 2 is 1.41 bits per heavy atom. The number of hydrogen-bond donors (Lipinski definition) is 2. The third-order valence-electron chi connectivity index (χ3n) is 10.7. The molecule has 7 aliphatic rings. The molecule has 192 valence electrons. The molecule has 0 aromatic carbocycles. The van der Waals surface area contributed by atoms with Crippen molar-refractivity contribution in [2.75, 3.05) is 52.4 Å². The third kappa shape index (κ3) is 3.48. The highest BCUT2D eigenvalue weighted by Crippen LogP contribution is 2.57. The Bertz CT molecular complexity index is 705. The number of fused-ring (bicyclic) bond motifs is 2. The molecule has 0 radical (unpaired) electrons. The fourth-order valence-electron chi connectivity index (χ4n) is 9.28. The number of nitrogens with zero attached hydrogens (tertiary/aromatic N) is 4. The van der Waals surface area contributed by atoms with Crippen LogP contribution in [0.3, 0.4) is 0 Å². The van der Waals surface area contributed by atoms with Gasteiger partial charge in [-0.1, -0.05) is 25.7 Å². The summed E-state index contributed by atoms with van der Waals surface area (Å²) in [5.41, 5.74) is 0. The molecule has 7 atom stereocenters. The number of nitrogens with one attached hydrogen (secondary N) is 2. The van der Waals surface area contributed by atoms with Crippen molar-refractivity contribution in [3.63, 3.8) is 0 Å². The van der Waals surface area contributed by atoms with Crippen LogP contribution in [0.25, 0.3) is 0 Å². The Morgan fingerprint density at radius 3 is 2.15 bits per heavy atom. The van der Waals surface area contributed by atoms with Gasteiger partial charge in [0.25, 0.3) is 0 Å². The molecule has 6 heterocycles. The van der Waals surface area contributed by atoms with Crippen LogP contribution in [0.4, 0.5) is 0 Å². The first-order valence-corrected chi connectivity index (χ1v) is 15.0. The van der Waals surface area contributed by atoms with Gasteiger partial charge < -0.3 is 10.1 Å². The van der Waals surface area contributed by atoms with E-state index in [0.717, 1.165) is 32.2 Å². The summed E-state index contributed by atoms with van der Waals surface area (Å²) < 4.78 is 6.68. The summed E-state index contributed by atoms with van der Waals surface area (Å²) in [7, 11) is 0. The van der Waals surface area contributed by atoms with Crippen LogP contribution in [0.2, 0.25) is 0 Å². The number of rotatable bonds is 4.